The summed E-state index contributed by atoms with van der Waals surface area (Å²) in [6.07, 6.45) is 1.46. The van der Waals surface area contributed by atoms with Crippen LogP contribution in [0.1, 0.15) is 22.3 Å². The minimum atomic E-state index is -0.488. The summed E-state index contributed by atoms with van der Waals surface area (Å²) in [7, 11) is 2.97. The Balaban J connectivity index is 2.38. The van der Waals surface area contributed by atoms with Crippen LogP contribution in [0, 0.1) is 32.1 Å². The summed E-state index contributed by atoms with van der Waals surface area (Å²) in [5.41, 5.74) is 4.20. The maximum absolute atomic E-state index is 12.6. The van der Waals surface area contributed by atoms with Crippen molar-refractivity contribution < 1.29 is 14.3 Å². The van der Waals surface area contributed by atoms with Crippen LogP contribution < -0.4 is 14.8 Å². The Morgan fingerprint density at radius 1 is 1.11 bits per heavy atom. The summed E-state index contributed by atoms with van der Waals surface area (Å²) in [5.74, 6) is 0.322. The molecule has 2 aromatic rings. The number of carbonyl (C=O) groups is 1. The number of nitrogens with zero attached hydrogens (tertiary/aromatic N) is 1. The van der Waals surface area contributed by atoms with Crippen molar-refractivity contribution in [2.45, 2.75) is 20.8 Å². The molecule has 0 atom stereocenters. The first-order valence-electron chi connectivity index (χ1n) is 8.23. The van der Waals surface area contributed by atoms with Gasteiger partial charge < -0.3 is 14.8 Å². The molecule has 0 fully saturated rings. The van der Waals surface area contributed by atoms with Gasteiger partial charge in [0.1, 0.15) is 11.6 Å². The zero-order chi connectivity index (χ0) is 20.1. The van der Waals surface area contributed by atoms with Gasteiger partial charge >= 0.3 is 0 Å². The molecule has 1 amide bonds. The first kappa shape index (κ1) is 20.3. The molecule has 0 aliphatic carbocycles. The van der Waals surface area contributed by atoms with Gasteiger partial charge in [-0.05, 0) is 55.7 Å². The average molecular weight is 385 g/mol. The summed E-state index contributed by atoms with van der Waals surface area (Å²) < 4.78 is 10.4. The van der Waals surface area contributed by atoms with E-state index in [0.29, 0.717) is 27.8 Å². The third-order valence-corrected chi connectivity index (χ3v) is 4.33. The Morgan fingerprint density at radius 2 is 1.74 bits per heavy atom. The van der Waals surface area contributed by atoms with Crippen LogP contribution in [0.25, 0.3) is 6.08 Å². The van der Waals surface area contributed by atoms with Crippen molar-refractivity contribution in [1.29, 1.82) is 5.26 Å². The maximum Gasteiger partial charge on any atom is 0.266 e. The van der Waals surface area contributed by atoms with Crippen LogP contribution in [0.5, 0.6) is 11.5 Å². The Bertz CT molecular complexity index is 936. The van der Waals surface area contributed by atoms with Crippen molar-refractivity contribution >= 4 is 29.3 Å². The zero-order valence-electron chi connectivity index (χ0n) is 15.9. The molecule has 5 nitrogen and oxygen atoms in total. The molecule has 6 heteroatoms. The van der Waals surface area contributed by atoms with Crippen LogP contribution in [0.2, 0.25) is 5.02 Å². The molecule has 2 aromatic carbocycles. The van der Waals surface area contributed by atoms with E-state index >= 15 is 0 Å². The van der Waals surface area contributed by atoms with Gasteiger partial charge in [-0.15, -0.1) is 0 Å². The van der Waals surface area contributed by atoms with Crippen LogP contribution >= 0.6 is 11.6 Å². The van der Waals surface area contributed by atoms with Crippen molar-refractivity contribution in [3.05, 3.63) is 57.1 Å². The fourth-order valence-corrected chi connectivity index (χ4v) is 3.19. The molecule has 0 aliphatic heterocycles. The van der Waals surface area contributed by atoms with E-state index in [-0.39, 0.29) is 5.57 Å². The minimum Gasteiger partial charge on any atom is -0.493 e. The number of halogens is 1. The number of rotatable bonds is 5. The summed E-state index contributed by atoms with van der Waals surface area (Å²) in [5, 5.41) is 12.6. The number of anilines is 1. The number of ether oxygens (including phenoxy) is 2. The summed E-state index contributed by atoms with van der Waals surface area (Å²) in [6, 6.07) is 9.16. The van der Waals surface area contributed by atoms with Gasteiger partial charge in [-0.3, -0.25) is 4.79 Å². The molecule has 0 spiro atoms. The molecular weight excluding hydrogens is 364 g/mol. The van der Waals surface area contributed by atoms with Crippen LogP contribution in [0.4, 0.5) is 5.69 Å². The van der Waals surface area contributed by atoms with Gasteiger partial charge in [-0.25, -0.2) is 0 Å². The lowest BCUT2D eigenvalue weighted by atomic mass is 10.0. The number of nitriles is 1. The Morgan fingerprint density at radius 3 is 2.26 bits per heavy atom. The second-order valence-electron chi connectivity index (χ2n) is 6.14. The van der Waals surface area contributed by atoms with Gasteiger partial charge in [-0.2, -0.15) is 5.26 Å². The average Bonchev–Trinajstić information content (AvgIpc) is 2.61. The molecule has 27 heavy (non-hydrogen) atoms. The number of nitrogens with one attached hydrogen (secondary N) is 1. The predicted octanol–water partition coefficient (Wildman–Crippen LogP) is 4.83. The molecular formula is C21H21ClN2O3. The van der Waals surface area contributed by atoms with E-state index in [9.17, 15) is 10.1 Å². The number of methoxy groups -OCH3 is 2. The Hall–Kier alpha value is -2.97. The fourth-order valence-electron chi connectivity index (χ4n) is 2.89. The third-order valence-electron chi connectivity index (χ3n) is 4.05. The molecule has 0 bridgehead atoms. The highest BCUT2D eigenvalue weighted by molar-refractivity contribution is 6.32. The van der Waals surface area contributed by atoms with Gasteiger partial charge in [0.05, 0.1) is 19.2 Å². The lowest BCUT2D eigenvalue weighted by Crippen LogP contribution is -2.15. The van der Waals surface area contributed by atoms with Crippen molar-refractivity contribution in [3.8, 4) is 17.6 Å². The van der Waals surface area contributed by atoms with E-state index in [1.807, 2.05) is 39.0 Å². The smallest absolute Gasteiger partial charge is 0.266 e. The van der Waals surface area contributed by atoms with E-state index in [1.54, 1.807) is 12.1 Å². The van der Waals surface area contributed by atoms with Gasteiger partial charge in [-0.1, -0.05) is 29.3 Å². The maximum atomic E-state index is 12.6. The minimum absolute atomic E-state index is 0.0438. The number of carbonyl (C=O) groups excluding carboxylic acids is 1. The van der Waals surface area contributed by atoms with Crippen molar-refractivity contribution in [2.75, 3.05) is 19.5 Å². The van der Waals surface area contributed by atoms with E-state index in [2.05, 4.69) is 5.32 Å². The van der Waals surface area contributed by atoms with Crippen LogP contribution in [0.15, 0.2) is 29.8 Å². The summed E-state index contributed by atoms with van der Waals surface area (Å²) in [4.78, 5) is 12.6. The molecule has 0 unspecified atom stereocenters. The predicted molar refractivity (Wildman–Crippen MR) is 107 cm³/mol. The topological polar surface area (TPSA) is 71.3 Å². The number of amides is 1. The number of benzene rings is 2. The highest BCUT2D eigenvalue weighted by Crippen LogP contribution is 2.36. The molecule has 0 aliphatic rings. The van der Waals surface area contributed by atoms with Crippen LogP contribution in [-0.4, -0.2) is 20.1 Å². The Kier molecular flexibility index (Phi) is 6.49. The Labute approximate surface area is 164 Å². The number of aryl methyl sites for hydroxylation is 3. The van der Waals surface area contributed by atoms with E-state index < -0.39 is 5.91 Å². The first-order valence-corrected chi connectivity index (χ1v) is 8.61. The van der Waals surface area contributed by atoms with E-state index in [4.69, 9.17) is 21.1 Å². The largest absolute Gasteiger partial charge is 0.493 e. The highest BCUT2D eigenvalue weighted by Gasteiger charge is 2.15. The van der Waals surface area contributed by atoms with E-state index in [1.165, 1.54) is 20.3 Å². The lowest BCUT2D eigenvalue weighted by molar-refractivity contribution is -0.112. The van der Waals surface area contributed by atoms with Gasteiger partial charge in [0.25, 0.3) is 5.91 Å². The highest BCUT2D eigenvalue weighted by atomic mass is 35.5. The van der Waals surface area contributed by atoms with Crippen molar-refractivity contribution in [1.82, 2.24) is 0 Å². The SMILES string of the molecule is COc1cc(/C=C(\C#N)C(=O)Nc2c(C)cc(C)cc2C)cc(Cl)c1OC. The molecule has 2 rings (SSSR count). The molecule has 0 radical (unpaired) electrons. The number of hydrogen-bond donors (Lipinski definition) is 1. The molecule has 0 heterocycles. The molecule has 0 aromatic heterocycles. The quantitative estimate of drug-likeness (QED) is 0.592. The second kappa shape index (κ2) is 8.61. The lowest BCUT2D eigenvalue weighted by Gasteiger charge is -2.13. The monoisotopic (exact) mass is 384 g/mol. The molecule has 0 saturated carbocycles. The van der Waals surface area contributed by atoms with Gasteiger partial charge in [0.15, 0.2) is 11.5 Å². The number of hydrogen-bond acceptors (Lipinski definition) is 4. The fraction of sp³-hybridized carbons (Fsp3) is 0.238. The van der Waals surface area contributed by atoms with Crippen molar-refractivity contribution in [2.24, 2.45) is 0 Å². The molecule has 140 valence electrons. The normalized spacial score (nSPS) is 10.9. The van der Waals surface area contributed by atoms with Gasteiger partial charge in [0, 0.05) is 5.69 Å². The van der Waals surface area contributed by atoms with E-state index in [0.717, 1.165) is 16.7 Å². The first-order chi connectivity index (χ1) is 12.8. The standard InChI is InChI=1S/C21H21ClN2O3/c1-12-6-13(2)19(14(3)7-12)24-21(25)16(11-23)8-15-9-17(22)20(27-5)18(10-15)26-4/h6-10H,1-5H3,(H,24,25)/b16-8+. The van der Waals surface area contributed by atoms with Gasteiger partial charge in [0.2, 0.25) is 0 Å². The second-order valence-corrected chi connectivity index (χ2v) is 6.54. The molecule has 0 saturated heterocycles. The summed E-state index contributed by atoms with van der Waals surface area (Å²) >= 11 is 6.19. The van der Waals surface area contributed by atoms with Crippen LogP contribution in [0.3, 0.4) is 0 Å². The van der Waals surface area contributed by atoms with Crippen LogP contribution in [-0.2, 0) is 4.79 Å². The zero-order valence-corrected chi connectivity index (χ0v) is 16.7. The van der Waals surface area contributed by atoms with Crippen molar-refractivity contribution in [3.63, 3.8) is 0 Å². The molecule has 1 N–H and O–H groups in total. The third kappa shape index (κ3) is 4.60. The summed E-state index contributed by atoms with van der Waals surface area (Å²) in [6.45, 7) is 5.83.